The van der Waals surface area contributed by atoms with Gasteiger partial charge in [0.25, 0.3) is 0 Å². The van der Waals surface area contributed by atoms with Gasteiger partial charge in [0.1, 0.15) is 0 Å². The summed E-state index contributed by atoms with van der Waals surface area (Å²) in [6.45, 7) is 4.01. The lowest BCUT2D eigenvalue weighted by atomic mass is 9.94. The molecule has 0 bridgehead atoms. The van der Waals surface area contributed by atoms with E-state index < -0.39 is 22.0 Å². The van der Waals surface area contributed by atoms with Gasteiger partial charge in [-0.2, -0.15) is 0 Å². The second kappa shape index (κ2) is 4.80. The summed E-state index contributed by atoms with van der Waals surface area (Å²) in [7, 11) is -3.08. The van der Waals surface area contributed by atoms with Crippen LogP contribution in [0.4, 0.5) is 0 Å². The molecule has 0 spiro atoms. The van der Waals surface area contributed by atoms with E-state index in [0.29, 0.717) is 18.8 Å². The average molecular weight is 236 g/mol. The van der Waals surface area contributed by atoms with Gasteiger partial charge in [0.2, 0.25) is 0 Å². The standard InChI is InChI=1S/C10H20O4S/c1-7(2)3-9(11)4-8-5-15(13,14)6-10(8)12/h7-12H,3-6H2,1-2H3. The Morgan fingerprint density at radius 1 is 1.33 bits per heavy atom. The Labute approximate surface area is 91.2 Å². The van der Waals surface area contributed by atoms with Crippen molar-refractivity contribution in [2.75, 3.05) is 11.5 Å². The maximum absolute atomic E-state index is 11.2. The van der Waals surface area contributed by atoms with Crippen LogP contribution >= 0.6 is 0 Å². The Bertz CT molecular complexity index is 297. The highest BCUT2D eigenvalue weighted by Crippen LogP contribution is 2.25. The van der Waals surface area contributed by atoms with Gasteiger partial charge in [-0.3, -0.25) is 0 Å². The van der Waals surface area contributed by atoms with Crippen molar-refractivity contribution in [1.29, 1.82) is 0 Å². The van der Waals surface area contributed by atoms with Crippen LogP contribution in [0.1, 0.15) is 26.7 Å². The van der Waals surface area contributed by atoms with Gasteiger partial charge in [0.05, 0.1) is 23.7 Å². The molecule has 1 saturated heterocycles. The number of sulfone groups is 1. The molecule has 90 valence electrons. The first-order valence-corrected chi connectivity index (χ1v) is 7.19. The highest BCUT2D eigenvalue weighted by molar-refractivity contribution is 7.91. The lowest BCUT2D eigenvalue weighted by molar-refractivity contribution is 0.0783. The third-order valence-electron chi connectivity index (χ3n) is 2.76. The van der Waals surface area contributed by atoms with Gasteiger partial charge in [0.15, 0.2) is 9.84 Å². The molecule has 1 aliphatic rings. The van der Waals surface area contributed by atoms with E-state index in [2.05, 4.69) is 0 Å². The topological polar surface area (TPSA) is 74.6 Å². The van der Waals surface area contributed by atoms with E-state index in [1.807, 2.05) is 13.8 Å². The molecule has 15 heavy (non-hydrogen) atoms. The van der Waals surface area contributed by atoms with E-state index in [0.717, 1.165) is 0 Å². The molecule has 0 saturated carbocycles. The summed E-state index contributed by atoms with van der Waals surface area (Å²) >= 11 is 0. The molecular weight excluding hydrogens is 216 g/mol. The Hall–Kier alpha value is -0.130. The van der Waals surface area contributed by atoms with Gasteiger partial charge in [-0.15, -0.1) is 0 Å². The van der Waals surface area contributed by atoms with Crippen LogP contribution < -0.4 is 0 Å². The summed E-state index contributed by atoms with van der Waals surface area (Å²) in [5, 5.41) is 19.2. The molecule has 5 heteroatoms. The molecule has 0 radical (unpaired) electrons. The van der Waals surface area contributed by atoms with E-state index in [9.17, 15) is 18.6 Å². The summed E-state index contributed by atoms with van der Waals surface area (Å²) in [4.78, 5) is 0. The predicted octanol–water partition coefficient (Wildman–Crippen LogP) is 0.189. The van der Waals surface area contributed by atoms with Gasteiger partial charge in [-0.1, -0.05) is 13.8 Å². The first kappa shape index (κ1) is 12.9. The van der Waals surface area contributed by atoms with Crippen molar-refractivity contribution in [3.8, 4) is 0 Å². The molecule has 1 heterocycles. The highest BCUT2D eigenvalue weighted by Gasteiger charge is 2.37. The third-order valence-corrected chi connectivity index (χ3v) is 4.54. The van der Waals surface area contributed by atoms with Crippen LogP contribution in [0, 0.1) is 11.8 Å². The van der Waals surface area contributed by atoms with Crippen molar-refractivity contribution >= 4 is 9.84 Å². The minimum absolute atomic E-state index is 0.0172. The number of hydrogen-bond acceptors (Lipinski definition) is 4. The molecule has 0 aromatic heterocycles. The zero-order valence-corrected chi connectivity index (χ0v) is 10.1. The molecule has 1 fully saturated rings. The highest BCUT2D eigenvalue weighted by atomic mass is 32.2. The van der Waals surface area contributed by atoms with Gasteiger partial charge >= 0.3 is 0 Å². The summed E-state index contributed by atoms with van der Waals surface area (Å²) in [6, 6.07) is 0. The Kier molecular flexibility index (Phi) is 4.14. The third kappa shape index (κ3) is 4.09. The van der Waals surface area contributed by atoms with Gasteiger partial charge in [-0.25, -0.2) is 8.42 Å². The van der Waals surface area contributed by atoms with E-state index in [1.165, 1.54) is 0 Å². The number of aliphatic hydroxyl groups excluding tert-OH is 2. The lowest BCUT2D eigenvalue weighted by Crippen LogP contribution is -2.24. The van der Waals surface area contributed by atoms with Crippen LogP contribution in [0.2, 0.25) is 0 Å². The normalized spacial score (nSPS) is 32.1. The first-order chi connectivity index (χ1) is 6.80. The Morgan fingerprint density at radius 2 is 1.93 bits per heavy atom. The van der Waals surface area contributed by atoms with E-state index in [-0.39, 0.29) is 17.4 Å². The fourth-order valence-corrected chi connectivity index (χ4v) is 4.06. The van der Waals surface area contributed by atoms with Crippen molar-refractivity contribution < 1.29 is 18.6 Å². The Morgan fingerprint density at radius 3 is 2.33 bits per heavy atom. The molecule has 0 aromatic carbocycles. The van der Waals surface area contributed by atoms with Crippen LogP contribution in [0.15, 0.2) is 0 Å². The zero-order valence-electron chi connectivity index (χ0n) is 9.26. The van der Waals surface area contributed by atoms with Crippen molar-refractivity contribution in [3.63, 3.8) is 0 Å². The van der Waals surface area contributed by atoms with Crippen molar-refractivity contribution in [3.05, 3.63) is 0 Å². The largest absolute Gasteiger partial charge is 0.393 e. The number of aliphatic hydroxyl groups is 2. The molecule has 3 unspecified atom stereocenters. The minimum Gasteiger partial charge on any atom is -0.393 e. The average Bonchev–Trinajstić information content (AvgIpc) is 2.22. The van der Waals surface area contributed by atoms with Crippen LogP contribution in [0.25, 0.3) is 0 Å². The van der Waals surface area contributed by atoms with Crippen molar-refractivity contribution in [2.24, 2.45) is 11.8 Å². The fourth-order valence-electron chi connectivity index (χ4n) is 2.12. The molecular formula is C10H20O4S. The van der Waals surface area contributed by atoms with Gasteiger partial charge in [-0.05, 0) is 18.8 Å². The molecule has 0 aliphatic carbocycles. The van der Waals surface area contributed by atoms with Gasteiger partial charge < -0.3 is 10.2 Å². The SMILES string of the molecule is CC(C)CC(O)CC1CS(=O)(=O)CC1O. The quantitative estimate of drug-likeness (QED) is 0.730. The van der Waals surface area contributed by atoms with Gasteiger partial charge in [0, 0.05) is 5.92 Å². The van der Waals surface area contributed by atoms with Crippen molar-refractivity contribution in [1.82, 2.24) is 0 Å². The fraction of sp³-hybridized carbons (Fsp3) is 1.00. The lowest BCUT2D eigenvalue weighted by Gasteiger charge is -2.18. The van der Waals surface area contributed by atoms with Crippen LogP contribution in [-0.4, -0.2) is 42.3 Å². The van der Waals surface area contributed by atoms with Crippen LogP contribution in [0.3, 0.4) is 0 Å². The number of hydrogen-bond donors (Lipinski definition) is 2. The van der Waals surface area contributed by atoms with E-state index in [1.54, 1.807) is 0 Å². The molecule has 4 nitrogen and oxygen atoms in total. The summed E-state index contributed by atoms with van der Waals surface area (Å²) in [6.07, 6.45) is -0.253. The first-order valence-electron chi connectivity index (χ1n) is 5.36. The molecule has 1 rings (SSSR count). The minimum atomic E-state index is -3.08. The van der Waals surface area contributed by atoms with Crippen LogP contribution in [-0.2, 0) is 9.84 Å². The Balaban J connectivity index is 2.46. The van der Waals surface area contributed by atoms with Crippen LogP contribution in [0.5, 0.6) is 0 Å². The molecule has 1 aliphatic heterocycles. The summed E-state index contributed by atoms with van der Waals surface area (Å²) in [5.74, 6) is -0.0334. The molecule has 2 N–H and O–H groups in total. The second-order valence-electron chi connectivity index (χ2n) is 4.92. The molecule has 0 aromatic rings. The summed E-state index contributed by atoms with van der Waals surface area (Å²) < 4.78 is 22.4. The maximum atomic E-state index is 11.2. The zero-order chi connectivity index (χ0) is 11.6. The second-order valence-corrected chi connectivity index (χ2v) is 7.08. The molecule has 3 atom stereocenters. The maximum Gasteiger partial charge on any atom is 0.153 e. The van der Waals surface area contributed by atoms with E-state index >= 15 is 0 Å². The van der Waals surface area contributed by atoms with Crippen molar-refractivity contribution in [2.45, 2.75) is 38.9 Å². The summed E-state index contributed by atoms with van der Waals surface area (Å²) in [5.41, 5.74) is 0. The van der Waals surface area contributed by atoms with E-state index in [4.69, 9.17) is 0 Å². The smallest absolute Gasteiger partial charge is 0.153 e. The monoisotopic (exact) mass is 236 g/mol. The predicted molar refractivity (Wildman–Crippen MR) is 58.2 cm³/mol. The molecule has 0 amide bonds. The number of rotatable bonds is 4.